The van der Waals surface area contributed by atoms with Crippen LogP contribution in [0.5, 0.6) is 0 Å². The fourth-order valence-electron chi connectivity index (χ4n) is 5.54. The molecule has 1 saturated heterocycles. The predicted molar refractivity (Wildman–Crippen MR) is 129 cm³/mol. The highest BCUT2D eigenvalue weighted by Crippen LogP contribution is 2.35. The maximum atomic E-state index is 10.8. The van der Waals surface area contributed by atoms with Gasteiger partial charge in [-0.15, -0.1) is 0 Å². The first-order valence-electron chi connectivity index (χ1n) is 11.5. The Morgan fingerprint density at radius 3 is 2.55 bits per heavy atom. The molecule has 31 heavy (non-hydrogen) atoms. The molecule has 0 bridgehead atoms. The van der Waals surface area contributed by atoms with Crippen molar-refractivity contribution in [3.05, 3.63) is 63.4 Å². The lowest BCUT2D eigenvalue weighted by atomic mass is 9.99. The Morgan fingerprint density at radius 2 is 1.81 bits per heavy atom. The Bertz CT molecular complexity index is 1110. The van der Waals surface area contributed by atoms with Crippen LogP contribution in [0.1, 0.15) is 55.2 Å². The van der Waals surface area contributed by atoms with E-state index < -0.39 is 5.60 Å². The molecular weight excluding hydrogens is 450 g/mol. The summed E-state index contributed by atoms with van der Waals surface area (Å²) in [5, 5.41) is 10.8. The molecule has 5 heteroatoms. The smallest absolute Gasteiger partial charge is 0.141 e. The molecule has 0 saturated carbocycles. The molecule has 1 aromatic heterocycles. The van der Waals surface area contributed by atoms with Gasteiger partial charge in [0, 0.05) is 30.1 Å². The summed E-state index contributed by atoms with van der Waals surface area (Å²) in [4.78, 5) is 7.50. The predicted octanol–water partition coefficient (Wildman–Crippen LogP) is 5.39. The lowest BCUT2D eigenvalue weighted by Crippen LogP contribution is -2.39. The van der Waals surface area contributed by atoms with Crippen molar-refractivity contribution in [2.24, 2.45) is 5.92 Å². The number of hydrogen-bond acceptors (Lipinski definition) is 3. The molecule has 1 fully saturated rings. The Morgan fingerprint density at radius 1 is 1.06 bits per heavy atom. The molecule has 0 spiro atoms. The molecule has 4 nitrogen and oxygen atoms in total. The number of rotatable bonds is 4. The standard InChI is InChI=1S/C26H32BrN3O/c1-17-4-7-24-23(12-17)28-25(26(2,3)31)30(24)22-8-10-29(11-9-22)16-18-13-19-5-6-21(27)15-20(19)14-18/h4-7,12,15,18,22,31H,8-11,13-14,16H2,1-3H3. The van der Waals surface area contributed by atoms with Crippen LogP contribution in [0.15, 0.2) is 40.9 Å². The summed E-state index contributed by atoms with van der Waals surface area (Å²) in [6, 6.07) is 13.6. The van der Waals surface area contributed by atoms with Gasteiger partial charge in [0.1, 0.15) is 11.4 Å². The van der Waals surface area contributed by atoms with E-state index in [9.17, 15) is 5.11 Å². The molecule has 3 aromatic rings. The Balaban J connectivity index is 1.29. The molecule has 1 N–H and O–H groups in total. The number of piperidine rings is 1. The average Bonchev–Trinajstić information content (AvgIpc) is 3.28. The number of aryl methyl sites for hydroxylation is 1. The van der Waals surface area contributed by atoms with Crippen LogP contribution in [0.25, 0.3) is 11.0 Å². The zero-order valence-corrected chi connectivity index (χ0v) is 20.3. The second-order valence-corrected chi connectivity index (χ2v) is 11.0. The lowest BCUT2D eigenvalue weighted by molar-refractivity contribution is 0.0603. The normalized spacial score (nSPS) is 20.5. The molecule has 5 rings (SSSR count). The summed E-state index contributed by atoms with van der Waals surface area (Å²) in [7, 11) is 0. The molecule has 0 radical (unpaired) electrons. The third-order valence-electron chi connectivity index (χ3n) is 7.02. The quantitative estimate of drug-likeness (QED) is 0.543. The first-order valence-corrected chi connectivity index (χ1v) is 12.3. The molecule has 1 unspecified atom stereocenters. The third kappa shape index (κ3) is 4.20. The lowest BCUT2D eigenvalue weighted by Gasteiger charge is -2.35. The van der Waals surface area contributed by atoms with E-state index in [-0.39, 0.29) is 0 Å². The molecule has 2 aliphatic rings. The molecule has 2 heterocycles. The number of imidazole rings is 1. The monoisotopic (exact) mass is 481 g/mol. The number of nitrogens with zero attached hydrogens (tertiary/aromatic N) is 3. The van der Waals surface area contributed by atoms with Crippen LogP contribution < -0.4 is 0 Å². The highest BCUT2D eigenvalue weighted by Gasteiger charge is 2.31. The van der Waals surface area contributed by atoms with Crippen molar-refractivity contribution < 1.29 is 5.11 Å². The molecule has 1 atom stereocenters. The molecule has 1 aliphatic carbocycles. The summed E-state index contributed by atoms with van der Waals surface area (Å²) in [6.45, 7) is 9.20. The van der Waals surface area contributed by atoms with Gasteiger partial charge in [0.25, 0.3) is 0 Å². The minimum absolute atomic E-state index is 0.391. The topological polar surface area (TPSA) is 41.3 Å². The number of halogens is 1. The molecule has 1 aliphatic heterocycles. The number of benzene rings is 2. The van der Waals surface area contributed by atoms with Crippen LogP contribution in [-0.4, -0.2) is 39.2 Å². The Labute approximate surface area is 193 Å². The fourth-order valence-corrected chi connectivity index (χ4v) is 5.95. The van der Waals surface area contributed by atoms with E-state index in [1.165, 1.54) is 40.5 Å². The van der Waals surface area contributed by atoms with Gasteiger partial charge in [-0.05, 0) is 93.3 Å². The van der Waals surface area contributed by atoms with Crippen LogP contribution in [0.2, 0.25) is 0 Å². The second-order valence-electron chi connectivity index (χ2n) is 10.1. The van der Waals surface area contributed by atoms with Crippen molar-refractivity contribution in [3.8, 4) is 0 Å². The Hall–Kier alpha value is -1.69. The van der Waals surface area contributed by atoms with Crippen molar-refractivity contribution >= 4 is 27.0 Å². The number of likely N-dealkylation sites (tertiary alicyclic amines) is 1. The van der Waals surface area contributed by atoms with Gasteiger partial charge in [-0.2, -0.15) is 0 Å². The van der Waals surface area contributed by atoms with Crippen molar-refractivity contribution in [3.63, 3.8) is 0 Å². The first-order chi connectivity index (χ1) is 14.8. The highest BCUT2D eigenvalue weighted by atomic mass is 79.9. The van der Waals surface area contributed by atoms with Crippen LogP contribution in [0.4, 0.5) is 0 Å². The number of aliphatic hydroxyl groups is 1. The van der Waals surface area contributed by atoms with Crippen molar-refractivity contribution in [1.29, 1.82) is 0 Å². The van der Waals surface area contributed by atoms with Gasteiger partial charge in [-0.1, -0.05) is 28.1 Å². The van der Waals surface area contributed by atoms with Crippen LogP contribution in [0.3, 0.4) is 0 Å². The summed E-state index contributed by atoms with van der Waals surface area (Å²) in [6.07, 6.45) is 4.61. The maximum absolute atomic E-state index is 10.8. The maximum Gasteiger partial charge on any atom is 0.141 e. The number of fused-ring (bicyclic) bond motifs is 2. The van der Waals surface area contributed by atoms with Gasteiger partial charge in [0.05, 0.1) is 11.0 Å². The van der Waals surface area contributed by atoms with Crippen LogP contribution in [-0.2, 0) is 18.4 Å². The van der Waals surface area contributed by atoms with Gasteiger partial charge in [-0.3, -0.25) is 0 Å². The zero-order valence-electron chi connectivity index (χ0n) is 18.7. The highest BCUT2D eigenvalue weighted by molar-refractivity contribution is 9.10. The van der Waals surface area contributed by atoms with Gasteiger partial charge >= 0.3 is 0 Å². The minimum atomic E-state index is -0.950. The van der Waals surface area contributed by atoms with E-state index in [4.69, 9.17) is 4.98 Å². The largest absolute Gasteiger partial charge is 0.383 e. The van der Waals surface area contributed by atoms with Crippen molar-refractivity contribution in [2.75, 3.05) is 19.6 Å². The van der Waals surface area contributed by atoms with Gasteiger partial charge < -0.3 is 14.6 Å². The van der Waals surface area contributed by atoms with Crippen molar-refractivity contribution in [1.82, 2.24) is 14.5 Å². The third-order valence-corrected chi connectivity index (χ3v) is 7.51. The zero-order chi connectivity index (χ0) is 21.8. The van der Waals surface area contributed by atoms with E-state index in [0.29, 0.717) is 6.04 Å². The summed E-state index contributed by atoms with van der Waals surface area (Å²) in [5.74, 6) is 1.52. The fraction of sp³-hybridized carbons (Fsp3) is 0.500. The van der Waals surface area contributed by atoms with E-state index in [1.807, 2.05) is 13.8 Å². The molecule has 2 aromatic carbocycles. The Kier molecular flexibility index (Phi) is 5.48. The first kappa shape index (κ1) is 21.2. The van der Waals surface area contributed by atoms with Crippen LogP contribution >= 0.6 is 15.9 Å². The molecule has 164 valence electrons. The number of aromatic nitrogens is 2. The van der Waals surface area contributed by atoms with Gasteiger partial charge in [0.2, 0.25) is 0 Å². The van der Waals surface area contributed by atoms with E-state index >= 15 is 0 Å². The van der Waals surface area contributed by atoms with Gasteiger partial charge in [-0.25, -0.2) is 4.98 Å². The van der Waals surface area contributed by atoms with E-state index in [0.717, 1.165) is 48.7 Å². The summed E-state index contributed by atoms with van der Waals surface area (Å²) >= 11 is 3.61. The van der Waals surface area contributed by atoms with Crippen molar-refractivity contribution in [2.45, 2.75) is 58.1 Å². The minimum Gasteiger partial charge on any atom is -0.383 e. The average molecular weight is 482 g/mol. The summed E-state index contributed by atoms with van der Waals surface area (Å²) in [5.41, 5.74) is 5.45. The number of hydrogen-bond donors (Lipinski definition) is 1. The van der Waals surface area contributed by atoms with E-state index in [1.54, 1.807) is 0 Å². The second kappa shape index (κ2) is 8.02. The molecular formula is C26H32BrN3O. The summed E-state index contributed by atoms with van der Waals surface area (Å²) < 4.78 is 3.52. The van der Waals surface area contributed by atoms with E-state index in [2.05, 4.69) is 68.7 Å². The van der Waals surface area contributed by atoms with Gasteiger partial charge in [0.15, 0.2) is 0 Å². The molecule has 0 amide bonds. The SMILES string of the molecule is Cc1ccc2c(c1)nc(C(C)(C)O)n2C1CCN(CC2Cc3ccc(Br)cc3C2)CC1. The van der Waals surface area contributed by atoms with Crippen LogP contribution in [0, 0.1) is 12.8 Å².